The number of nitrogens with one attached hydrogen (secondary N) is 2. The Morgan fingerprint density at radius 1 is 1.57 bits per heavy atom. The van der Waals surface area contributed by atoms with E-state index in [1.54, 1.807) is 6.08 Å². The van der Waals surface area contributed by atoms with E-state index in [9.17, 15) is 4.79 Å². The molecule has 0 saturated carbocycles. The predicted molar refractivity (Wildman–Crippen MR) is 57.3 cm³/mol. The van der Waals surface area contributed by atoms with Gasteiger partial charge in [0.2, 0.25) is 0 Å². The van der Waals surface area contributed by atoms with Crippen LogP contribution < -0.4 is 10.6 Å². The van der Waals surface area contributed by atoms with E-state index in [0.29, 0.717) is 12.6 Å². The standard InChI is InChI=1S/C10H19N3O/c1-3-6-11-10(14)12-9-4-7-13(2)8-5-9/h3,9H,1,4-8H2,2H3,(H2,11,12,14). The van der Waals surface area contributed by atoms with Crippen molar-refractivity contribution >= 4 is 6.03 Å². The van der Waals surface area contributed by atoms with Crippen molar-refractivity contribution in [2.75, 3.05) is 26.7 Å². The van der Waals surface area contributed by atoms with Crippen molar-refractivity contribution < 1.29 is 4.79 Å². The molecule has 1 heterocycles. The van der Waals surface area contributed by atoms with Crippen molar-refractivity contribution in [2.24, 2.45) is 0 Å². The highest BCUT2D eigenvalue weighted by Gasteiger charge is 2.17. The lowest BCUT2D eigenvalue weighted by Gasteiger charge is -2.29. The molecule has 80 valence electrons. The van der Waals surface area contributed by atoms with Crippen LogP contribution in [0.25, 0.3) is 0 Å². The van der Waals surface area contributed by atoms with Crippen LogP contribution in [0.3, 0.4) is 0 Å². The van der Waals surface area contributed by atoms with Gasteiger partial charge in [-0.2, -0.15) is 0 Å². The fraction of sp³-hybridized carbons (Fsp3) is 0.700. The third-order valence-electron chi connectivity index (χ3n) is 2.46. The molecule has 0 aliphatic carbocycles. The van der Waals surface area contributed by atoms with Gasteiger partial charge in [0.15, 0.2) is 0 Å². The van der Waals surface area contributed by atoms with Gasteiger partial charge >= 0.3 is 6.03 Å². The van der Waals surface area contributed by atoms with E-state index in [2.05, 4.69) is 29.2 Å². The summed E-state index contributed by atoms with van der Waals surface area (Å²) in [6.45, 7) is 6.19. The van der Waals surface area contributed by atoms with Crippen molar-refractivity contribution in [3.05, 3.63) is 12.7 Å². The summed E-state index contributed by atoms with van der Waals surface area (Å²) in [5.41, 5.74) is 0. The SMILES string of the molecule is C=CCNC(=O)NC1CCN(C)CC1. The normalized spacial score (nSPS) is 18.9. The molecule has 0 aromatic heterocycles. The third kappa shape index (κ3) is 3.79. The molecule has 0 aromatic rings. The first-order chi connectivity index (χ1) is 6.72. The molecular weight excluding hydrogens is 178 g/mol. The van der Waals surface area contributed by atoms with Gasteiger partial charge in [0.05, 0.1) is 0 Å². The van der Waals surface area contributed by atoms with Crippen molar-refractivity contribution in [1.29, 1.82) is 0 Å². The van der Waals surface area contributed by atoms with Crippen molar-refractivity contribution in [3.63, 3.8) is 0 Å². The Kier molecular flexibility index (Phi) is 4.46. The van der Waals surface area contributed by atoms with Gasteiger partial charge in [-0.05, 0) is 33.0 Å². The summed E-state index contributed by atoms with van der Waals surface area (Å²) in [5.74, 6) is 0. The number of carbonyl (C=O) groups excluding carboxylic acids is 1. The van der Waals surface area contributed by atoms with Crippen LogP contribution in [0, 0.1) is 0 Å². The van der Waals surface area contributed by atoms with E-state index in [4.69, 9.17) is 0 Å². The largest absolute Gasteiger partial charge is 0.335 e. The fourth-order valence-corrected chi connectivity index (χ4v) is 1.55. The molecule has 1 saturated heterocycles. The Bertz CT molecular complexity index is 198. The number of carbonyl (C=O) groups is 1. The van der Waals surface area contributed by atoms with E-state index in [1.165, 1.54) is 0 Å². The molecular formula is C10H19N3O. The number of piperidine rings is 1. The molecule has 1 rings (SSSR count). The molecule has 0 aromatic carbocycles. The number of hydrogen-bond donors (Lipinski definition) is 2. The van der Waals surface area contributed by atoms with E-state index in [-0.39, 0.29) is 6.03 Å². The van der Waals surface area contributed by atoms with Gasteiger partial charge in [-0.15, -0.1) is 6.58 Å². The number of urea groups is 1. The monoisotopic (exact) mass is 197 g/mol. The molecule has 2 amide bonds. The van der Waals surface area contributed by atoms with Crippen LogP contribution in [0.5, 0.6) is 0 Å². The summed E-state index contributed by atoms with van der Waals surface area (Å²) in [6, 6.07) is 0.246. The molecule has 2 N–H and O–H groups in total. The molecule has 1 aliphatic rings. The van der Waals surface area contributed by atoms with Gasteiger partial charge in [0.1, 0.15) is 0 Å². The quantitative estimate of drug-likeness (QED) is 0.650. The minimum atomic E-state index is -0.0838. The lowest BCUT2D eigenvalue weighted by Crippen LogP contribution is -2.47. The maximum absolute atomic E-state index is 11.3. The maximum atomic E-state index is 11.3. The average Bonchev–Trinajstić information content (AvgIpc) is 2.18. The van der Waals surface area contributed by atoms with E-state index >= 15 is 0 Å². The zero-order valence-corrected chi connectivity index (χ0v) is 8.75. The predicted octanol–water partition coefficient (Wildman–Crippen LogP) is 0.566. The minimum Gasteiger partial charge on any atom is -0.335 e. The maximum Gasteiger partial charge on any atom is 0.315 e. The zero-order valence-electron chi connectivity index (χ0n) is 8.75. The number of rotatable bonds is 3. The van der Waals surface area contributed by atoms with Gasteiger partial charge in [0, 0.05) is 12.6 Å². The molecule has 14 heavy (non-hydrogen) atoms. The second kappa shape index (κ2) is 5.65. The fourth-order valence-electron chi connectivity index (χ4n) is 1.55. The first-order valence-corrected chi connectivity index (χ1v) is 5.06. The highest BCUT2D eigenvalue weighted by molar-refractivity contribution is 5.74. The second-order valence-electron chi connectivity index (χ2n) is 3.72. The van der Waals surface area contributed by atoms with Crippen LogP contribution in [0.4, 0.5) is 4.79 Å². The van der Waals surface area contributed by atoms with E-state index in [0.717, 1.165) is 25.9 Å². The van der Waals surface area contributed by atoms with Crippen LogP contribution in [-0.2, 0) is 0 Å². The molecule has 4 nitrogen and oxygen atoms in total. The smallest absolute Gasteiger partial charge is 0.315 e. The van der Waals surface area contributed by atoms with Crippen LogP contribution in [-0.4, -0.2) is 43.7 Å². The first-order valence-electron chi connectivity index (χ1n) is 5.06. The minimum absolute atomic E-state index is 0.0838. The molecule has 1 aliphatic heterocycles. The second-order valence-corrected chi connectivity index (χ2v) is 3.72. The molecule has 0 bridgehead atoms. The lowest BCUT2D eigenvalue weighted by molar-refractivity contribution is 0.214. The van der Waals surface area contributed by atoms with Crippen LogP contribution in [0.1, 0.15) is 12.8 Å². The molecule has 0 atom stereocenters. The van der Waals surface area contributed by atoms with Gasteiger partial charge in [-0.25, -0.2) is 4.79 Å². The van der Waals surface area contributed by atoms with Gasteiger partial charge in [-0.3, -0.25) is 0 Å². The topological polar surface area (TPSA) is 44.4 Å². The van der Waals surface area contributed by atoms with Crippen LogP contribution >= 0.6 is 0 Å². The van der Waals surface area contributed by atoms with Crippen molar-refractivity contribution in [2.45, 2.75) is 18.9 Å². The number of nitrogens with zero attached hydrogens (tertiary/aromatic N) is 1. The van der Waals surface area contributed by atoms with E-state index < -0.39 is 0 Å². The Labute approximate surface area is 85.3 Å². The zero-order chi connectivity index (χ0) is 10.4. The summed E-state index contributed by atoms with van der Waals surface area (Å²) >= 11 is 0. The Balaban J connectivity index is 2.17. The highest BCUT2D eigenvalue weighted by atomic mass is 16.2. The van der Waals surface area contributed by atoms with Crippen molar-refractivity contribution in [3.8, 4) is 0 Å². The number of hydrogen-bond acceptors (Lipinski definition) is 2. The Hall–Kier alpha value is -1.03. The molecule has 4 heteroatoms. The van der Waals surface area contributed by atoms with Gasteiger partial charge < -0.3 is 15.5 Å². The summed E-state index contributed by atoms with van der Waals surface area (Å²) in [7, 11) is 2.11. The summed E-state index contributed by atoms with van der Waals surface area (Å²) in [4.78, 5) is 13.5. The Morgan fingerprint density at radius 2 is 2.21 bits per heavy atom. The first kappa shape index (κ1) is 11.0. The molecule has 1 fully saturated rings. The van der Waals surface area contributed by atoms with Crippen molar-refractivity contribution in [1.82, 2.24) is 15.5 Å². The van der Waals surface area contributed by atoms with Gasteiger partial charge in [0.25, 0.3) is 0 Å². The molecule has 0 unspecified atom stereocenters. The van der Waals surface area contributed by atoms with Crippen LogP contribution in [0.2, 0.25) is 0 Å². The highest BCUT2D eigenvalue weighted by Crippen LogP contribution is 2.07. The summed E-state index contributed by atoms with van der Waals surface area (Å²) in [5, 5.41) is 5.66. The van der Waals surface area contributed by atoms with Gasteiger partial charge in [-0.1, -0.05) is 6.08 Å². The summed E-state index contributed by atoms with van der Waals surface area (Å²) < 4.78 is 0. The summed E-state index contributed by atoms with van der Waals surface area (Å²) in [6.07, 6.45) is 3.75. The molecule has 0 radical (unpaired) electrons. The van der Waals surface area contributed by atoms with Crippen LogP contribution in [0.15, 0.2) is 12.7 Å². The third-order valence-corrected chi connectivity index (χ3v) is 2.46. The lowest BCUT2D eigenvalue weighted by atomic mass is 10.1. The Morgan fingerprint density at radius 3 is 2.79 bits per heavy atom. The molecule has 0 spiro atoms. The number of amides is 2. The van der Waals surface area contributed by atoms with E-state index in [1.807, 2.05) is 0 Å². The average molecular weight is 197 g/mol. The number of likely N-dealkylation sites (tertiary alicyclic amines) is 1.